The molecule has 1 heterocycles. The molecule has 0 amide bonds. The number of carbonyl (C=O) groups is 1. The second-order valence-corrected chi connectivity index (χ2v) is 3.72. The monoisotopic (exact) mass is 237 g/mol. The fraction of sp³-hybridized carbons (Fsp3) is 0.0909. The molecule has 0 aliphatic rings. The van der Waals surface area contributed by atoms with Gasteiger partial charge in [-0.15, -0.1) is 0 Å². The van der Waals surface area contributed by atoms with Crippen molar-refractivity contribution in [2.75, 3.05) is 7.11 Å². The molecule has 0 radical (unpaired) electrons. The van der Waals surface area contributed by atoms with E-state index in [-0.39, 0.29) is 0 Å². The maximum absolute atomic E-state index is 13.6. The predicted octanol–water partition coefficient (Wildman–Crippen LogP) is 2.77. The van der Waals surface area contributed by atoms with Gasteiger partial charge in [-0.1, -0.05) is 0 Å². The Morgan fingerprint density at radius 3 is 2.94 bits per heavy atom. The Morgan fingerprint density at radius 1 is 1.44 bits per heavy atom. The first-order chi connectivity index (χ1) is 7.76. The van der Waals surface area contributed by atoms with Crippen molar-refractivity contribution in [3.8, 4) is 17.0 Å². The summed E-state index contributed by atoms with van der Waals surface area (Å²) in [6.07, 6.45) is 0.676. The highest BCUT2D eigenvalue weighted by molar-refractivity contribution is 7.04. The third kappa shape index (κ3) is 1.81. The van der Waals surface area contributed by atoms with E-state index in [2.05, 4.69) is 4.37 Å². The lowest BCUT2D eigenvalue weighted by Crippen LogP contribution is -1.90. The van der Waals surface area contributed by atoms with E-state index in [0.29, 0.717) is 28.9 Å². The summed E-state index contributed by atoms with van der Waals surface area (Å²) in [5.41, 5.74) is 1.31. The molecule has 5 heteroatoms. The van der Waals surface area contributed by atoms with Gasteiger partial charge >= 0.3 is 0 Å². The number of methoxy groups -OCH3 is 1. The molecule has 16 heavy (non-hydrogen) atoms. The maximum Gasteiger partial charge on any atom is 0.232 e. The molecule has 0 unspecified atom stereocenters. The van der Waals surface area contributed by atoms with E-state index < -0.39 is 5.82 Å². The fourth-order valence-corrected chi connectivity index (χ4v) is 2.03. The van der Waals surface area contributed by atoms with Crippen LogP contribution in [0.4, 0.5) is 4.39 Å². The Balaban J connectivity index is 2.58. The maximum atomic E-state index is 13.6. The van der Waals surface area contributed by atoms with Crippen molar-refractivity contribution in [2.45, 2.75) is 0 Å². The second-order valence-electron chi connectivity index (χ2n) is 3.09. The molecule has 0 saturated heterocycles. The van der Waals surface area contributed by atoms with Gasteiger partial charge in [-0.25, -0.2) is 4.39 Å². The molecule has 1 aromatic heterocycles. The number of ether oxygens (including phenoxy) is 1. The van der Waals surface area contributed by atoms with Crippen molar-refractivity contribution >= 4 is 17.8 Å². The molecule has 2 rings (SSSR count). The fourth-order valence-electron chi connectivity index (χ4n) is 1.38. The van der Waals surface area contributed by atoms with E-state index >= 15 is 0 Å². The van der Waals surface area contributed by atoms with Crippen LogP contribution in [-0.4, -0.2) is 17.8 Å². The normalized spacial score (nSPS) is 10.1. The second kappa shape index (κ2) is 4.40. The highest BCUT2D eigenvalue weighted by Gasteiger charge is 2.13. The zero-order valence-corrected chi connectivity index (χ0v) is 9.25. The molecular formula is C11H8FNO2S. The lowest BCUT2D eigenvalue weighted by molar-refractivity contribution is 0.112. The van der Waals surface area contributed by atoms with E-state index in [1.165, 1.54) is 36.8 Å². The average molecular weight is 237 g/mol. The van der Waals surface area contributed by atoms with Crippen LogP contribution < -0.4 is 4.74 Å². The molecule has 1 aromatic carbocycles. The molecule has 2 aromatic rings. The third-order valence-electron chi connectivity index (χ3n) is 2.15. The molecule has 0 aliphatic carbocycles. The highest BCUT2D eigenvalue weighted by atomic mass is 32.1. The summed E-state index contributed by atoms with van der Waals surface area (Å²) in [7, 11) is 1.47. The first kappa shape index (κ1) is 10.8. The zero-order chi connectivity index (χ0) is 11.5. The number of halogens is 1. The van der Waals surface area contributed by atoms with Crippen LogP contribution in [0.1, 0.15) is 10.4 Å². The summed E-state index contributed by atoms with van der Waals surface area (Å²) in [5, 5.41) is 1.69. The van der Waals surface area contributed by atoms with Gasteiger partial charge < -0.3 is 4.74 Å². The Morgan fingerprint density at radius 2 is 2.25 bits per heavy atom. The summed E-state index contributed by atoms with van der Waals surface area (Å²) in [6, 6.07) is 4.17. The minimum Gasteiger partial charge on any atom is -0.480 e. The molecule has 0 atom stereocenters. The van der Waals surface area contributed by atoms with Crippen molar-refractivity contribution in [1.82, 2.24) is 4.37 Å². The summed E-state index contributed by atoms with van der Waals surface area (Å²) >= 11 is 1.18. The molecule has 3 nitrogen and oxygen atoms in total. The summed E-state index contributed by atoms with van der Waals surface area (Å²) < 4.78 is 22.6. The molecule has 0 aliphatic heterocycles. The van der Waals surface area contributed by atoms with E-state index in [0.717, 1.165) is 0 Å². The largest absolute Gasteiger partial charge is 0.480 e. The third-order valence-corrected chi connectivity index (χ3v) is 2.76. The number of hydrogen-bond donors (Lipinski definition) is 0. The number of nitrogens with zero attached hydrogens (tertiary/aromatic N) is 1. The van der Waals surface area contributed by atoms with Crippen molar-refractivity contribution < 1.29 is 13.9 Å². The topological polar surface area (TPSA) is 39.2 Å². The van der Waals surface area contributed by atoms with E-state index in [1.807, 2.05) is 0 Å². The summed E-state index contributed by atoms with van der Waals surface area (Å²) in [6.45, 7) is 0. The first-order valence-corrected chi connectivity index (χ1v) is 5.33. The number of benzene rings is 1. The molecule has 0 fully saturated rings. The van der Waals surface area contributed by atoms with Gasteiger partial charge in [0.25, 0.3) is 0 Å². The smallest absolute Gasteiger partial charge is 0.232 e. The predicted molar refractivity (Wildman–Crippen MR) is 59.4 cm³/mol. The lowest BCUT2D eigenvalue weighted by Gasteiger charge is -2.03. The summed E-state index contributed by atoms with van der Waals surface area (Å²) in [5.74, 6) is -0.0314. The average Bonchev–Trinajstić information content (AvgIpc) is 2.77. The Kier molecular flexibility index (Phi) is 2.96. The van der Waals surface area contributed by atoms with Gasteiger partial charge in [0.05, 0.1) is 12.7 Å². The van der Waals surface area contributed by atoms with Gasteiger partial charge in [-0.2, -0.15) is 4.37 Å². The van der Waals surface area contributed by atoms with Crippen molar-refractivity contribution in [1.29, 1.82) is 0 Å². The summed E-state index contributed by atoms with van der Waals surface area (Å²) in [4.78, 5) is 10.6. The molecular weight excluding hydrogens is 229 g/mol. The number of rotatable bonds is 3. The van der Waals surface area contributed by atoms with Crippen molar-refractivity contribution in [3.63, 3.8) is 0 Å². The highest BCUT2D eigenvalue weighted by Crippen LogP contribution is 2.32. The van der Waals surface area contributed by atoms with Gasteiger partial charge in [-0.3, -0.25) is 4.79 Å². The minimum absolute atomic E-state index is 0.329. The van der Waals surface area contributed by atoms with E-state index in [1.54, 1.807) is 5.38 Å². The van der Waals surface area contributed by atoms with Gasteiger partial charge in [0, 0.05) is 16.5 Å². The van der Waals surface area contributed by atoms with Crippen LogP contribution in [0.2, 0.25) is 0 Å². The Hall–Kier alpha value is -1.75. The SMILES string of the molecule is COc1nscc1-c1cc(C=O)ccc1F. The number of hydrogen-bond acceptors (Lipinski definition) is 4. The minimum atomic E-state index is -0.399. The van der Waals surface area contributed by atoms with E-state index in [9.17, 15) is 9.18 Å². The van der Waals surface area contributed by atoms with Crippen LogP contribution in [0.3, 0.4) is 0 Å². The molecule has 0 spiro atoms. The van der Waals surface area contributed by atoms with Gasteiger partial charge in [0.15, 0.2) is 0 Å². The van der Waals surface area contributed by atoms with Crippen LogP contribution in [0.5, 0.6) is 5.88 Å². The Bertz CT molecular complexity index is 524. The molecule has 82 valence electrons. The Labute approximate surface area is 95.7 Å². The standard InChI is InChI=1S/C11H8FNO2S/c1-15-11-9(6-16-13-11)8-4-7(5-14)2-3-10(8)12/h2-6H,1H3. The number of carbonyl (C=O) groups excluding carboxylic acids is 1. The molecule has 0 N–H and O–H groups in total. The molecule has 0 saturated carbocycles. The van der Waals surface area contributed by atoms with Crippen LogP contribution in [0, 0.1) is 5.82 Å². The number of aromatic nitrogens is 1. The van der Waals surface area contributed by atoms with Gasteiger partial charge in [-0.05, 0) is 29.7 Å². The van der Waals surface area contributed by atoms with Crippen LogP contribution in [0.15, 0.2) is 23.6 Å². The van der Waals surface area contributed by atoms with Crippen LogP contribution in [-0.2, 0) is 0 Å². The van der Waals surface area contributed by atoms with Gasteiger partial charge in [0.2, 0.25) is 5.88 Å². The quantitative estimate of drug-likeness (QED) is 0.770. The zero-order valence-electron chi connectivity index (χ0n) is 8.44. The van der Waals surface area contributed by atoms with Crippen molar-refractivity contribution in [2.24, 2.45) is 0 Å². The first-order valence-electron chi connectivity index (χ1n) is 4.49. The lowest BCUT2D eigenvalue weighted by atomic mass is 10.1. The van der Waals surface area contributed by atoms with Gasteiger partial charge in [0.1, 0.15) is 12.1 Å². The molecule has 0 bridgehead atoms. The van der Waals surface area contributed by atoms with Crippen molar-refractivity contribution in [3.05, 3.63) is 35.0 Å². The van der Waals surface area contributed by atoms with E-state index in [4.69, 9.17) is 4.74 Å². The number of aldehydes is 1. The van der Waals surface area contributed by atoms with Crippen LogP contribution in [0.25, 0.3) is 11.1 Å². The van der Waals surface area contributed by atoms with Crippen LogP contribution >= 0.6 is 11.5 Å².